The van der Waals surface area contributed by atoms with Crippen molar-refractivity contribution in [2.45, 2.75) is 6.92 Å². The third kappa shape index (κ3) is 2.51. The van der Waals surface area contributed by atoms with Crippen molar-refractivity contribution in [1.29, 1.82) is 0 Å². The van der Waals surface area contributed by atoms with E-state index < -0.39 is 5.91 Å². The van der Waals surface area contributed by atoms with Crippen molar-refractivity contribution in [2.24, 2.45) is 5.73 Å². The number of hydrogen-bond donors (Lipinski definition) is 1. The van der Waals surface area contributed by atoms with E-state index >= 15 is 0 Å². The number of hydrogen-bond acceptors (Lipinski definition) is 3. The van der Waals surface area contributed by atoms with Gasteiger partial charge in [0, 0.05) is 13.1 Å². The second-order valence-corrected chi connectivity index (χ2v) is 4.32. The van der Waals surface area contributed by atoms with Crippen LogP contribution >= 0.6 is 0 Å². The maximum atomic E-state index is 12.3. The molecule has 0 aliphatic carbocycles. The van der Waals surface area contributed by atoms with Crippen LogP contribution in [0.3, 0.4) is 0 Å². The summed E-state index contributed by atoms with van der Waals surface area (Å²) >= 11 is 0. The van der Waals surface area contributed by atoms with E-state index in [1.54, 1.807) is 23.1 Å². The van der Waals surface area contributed by atoms with Crippen LogP contribution in [0.25, 0.3) is 0 Å². The molecular weight excluding hydrogens is 232 g/mol. The molecule has 2 N–H and O–H groups in total. The summed E-state index contributed by atoms with van der Waals surface area (Å²) in [6.45, 7) is 4.01. The minimum Gasteiger partial charge on any atom is -0.378 e. The minimum absolute atomic E-state index is 0.160. The van der Waals surface area contributed by atoms with Gasteiger partial charge in [-0.1, -0.05) is 11.6 Å². The van der Waals surface area contributed by atoms with E-state index in [-0.39, 0.29) is 11.5 Å². The van der Waals surface area contributed by atoms with Crippen molar-refractivity contribution in [3.63, 3.8) is 0 Å². The molecule has 0 bridgehead atoms. The first-order chi connectivity index (χ1) is 8.59. The molecule has 1 aromatic carbocycles. The van der Waals surface area contributed by atoms with Crippen molar-refractivity contribution in [3.05, 3.63) is 34.9 Å². The first-order valence-electron chi connectivity index (χ1n) is 5.87. The number of ether oxygens (including phenoxy) is 1. The molecule has 1 heterocycles. The number of nitrogens with zero attached hydrogens (tertiary/aromatic N) is 1. The highest BCUT2D eigenvalue weighted by Crippen LogP contribution is 2.15. The molecule has 0 aromatic heterocycles. The summed E-state index contributed by atoms with van der Waals surface area (Å²) in [5.41, 5.74) is 6.88. The van der Waals surface area contributed by atoms with E-state index in [0.717, 1.165) is 5.56 Å². The summed E-state index contributed by atoms with van der Waals surface area (Å²) in [5, 5.41) is 0. The lowest BCUT2D eigenvalue weighted by atomic mass is 10.0. The van der Waals surface area contributed by atoms with E-state index in [4.69, 9.17) is 10.5 Å². The van der Waals surface area contributed by atoms with E-state index in [9.17, 15) is 9.59 Å². The van der Waals surface area contributed by atoms with Crippen LogP contribution < -0.4 is 5.73 Å². The van der Waals surface area contributed by atoms with Crippen LogP contribution in [-0.4, -0.2) is 43.0 Å². The molecule has 0 atom stereocenters. The van der Waals surface area contributed by atoms with Crippen LogP contribution in [0.1, 0.15) is 26.3 Å². The predicted molar refractivity (Wildman–Crippen MR) is 66.4 cm³/mol. The fourth-order valence-electron chi connectivity index (χ4n) is 1.99. The molecule has 18 heavy (non-hydrogen) atoms. The van der Waals surface area contributed by atoms with Crippen molar-refractivity contribution in [2.75, 3.05) is 26.3 Å². The molecule has 0 saturated carbocycles. The van der Waals surface area contributed by atoms with Crippen molar-refractivity contribution in [1.82, 2.24) is 4.90 Å². The normalized spacial score (nSPS) is 15.5. The van der Waals surface area contributed by atoms with Crippen LogP contribution in [-0.2, 0) is 4.74 Å². The summed E-state index contributed by atoms with van der Waals surface area (Å²) in [4.78, 5) is 25.4. The Kier molecular flexibility index (Phi) is 3.62. The topological polar surface area (TPSA) is 72.6 Å². The molecular formula is C13H16N2O3. The van der Waals surface area contributed by atoms with Gasteiger partial charge in [0.2, 0.25) is 5.91 Å². The maximum Gasteiger partial charge on any atom is 0.254 e. The molecule has 1 saturated heterocycles. The first kappa shape index (κ1) is 12.6. The Hall–Kier alpha value is -1.88. The molecule has 1 aliphatic rings. The number of morpholine rings is 1. The molecule has 96 valence electrons. The van der Waals surface area contributed by atoms with Crippen molar-refractivity contribution in [3.8, 4) is 0 Å². The summed E-state index contributed by atoms with van der Waals surface area (Å²) in [5.74, 6) is -0.734. The molecule has 0 unspecified atom stereocenters. The zero-order chi connectivity index (χ0) is 13.1. The summed E-state index contributed by atoms with van der Waals surface area (Å²) in [6, 6.07) is 5.11. The highest BCUT2D eigenvalue weighted by Gasteiger charge is 2.22. The molecule has 1 fully saturated rings. The average molecular weight is 248 g/mol. The van der Waals surface area contributed by atoms with E-state index in [1.807, 2.05) is 6.92 Å². The zero-order valence-corrected chi connectivity index (χ0v) is 10.3. The molecule has 2 amide bonds. The molecule has 2 rings (SSSR count). The molecule has 5 heteroatoms. The highest BCUT2D eigenvalue weighted by atomic mass is 16.5. The lowest BCUT2D eigenvalue weighted by molar-refractivity contribution is 0.0302. The van der Waals surface area contributed by atoms with Gasteiger partial charge in [-0.2, -0.15) is 0 Å². The Bertz CT molecular complexity index is 479. The number of nitrogens with two attached hydrogens (primary N) is 1. The van der Waals surface area contributed by atoms with Crippen LogP contribution in [0.5, 0.6) is 0 Å². The third-order valence-corrected chi connectivity index (χ3v) is 2.97. The van der Waals surface area contributed by atoms with Gasteiger partial charge < -0.3 is 15.4 Å². The Morgan fingerprint density at radius 3 is 2.50 bits per heavy atom. The van der Waals surface area contributed by atoms with Gasteiger partial charge in [0.15, 0.2) is 0 Å². The van der Waals surface area contributed by atoms with E-state index in [1.165, 1.54) is 0 Å². The molecule has 1 aliphatic heterocycles. The van der Waals surface area contributed by atoms with Gasteiger partial charge in [-0.3, -0.25) is 9.59 Å². The highest BCUT2D eigenvalue weighted by molar-refractivity contribution is 6.06. The first-order valence-corrected chi connectivity index (χ1v) is 5.87. The minimum atomic E-state index is -0.574. The van der Waals surface area contributed by atoms with Gasteiger partial charge in [0.25, 0.3) is 5.91 Å². The summed E-state index contributed by atoms with van der Waals surface area (Å²) in [7, 11) is 0. The number of rotatable bonds is 2. The lowest BCUT2D eigenvalue weighted by Gasteiger charge is -2.27. The summed E-state index contributed by atoms with van der Waals surface area (Å²) < 4.78 is 5.20. The molecule has 1 aromatic rings. The number of aryl methyl sites for hydroxylation is 1. The SMILES string of the molecule is Cc1ccc(C(=O)N2CCOCC2)c(C(N)=O)c1. The van der Waals surface area contributed by atoms with Gasteiger partial charge >= 0.3 is 0 Å². The standard InChI is InChI=1S/C13H16N2O3/c1-9-2-3-10(11(8-9)12(14)16)13(17)15-4-6-18-7-5-15/h2-3,8H,4-7H2,1H3,(H2,14,16). The predicted octanol–water partition coefficient (Wildman–Crippen LogP) is 0.566. The number of primary amides is 1. The van der Waals surface area contributed by atoms with Gasteiger partial charge in [-0.05, 0) is 19.1 Å². The average Bonchev–Trinajstić information content (AvgIpc) is 2.39. The van der Waals surface area contributed by atoms with Crippen molar-refractivity contribution >= 4 is 11.8 Å². The van der Waals surface area contributed by atoms with E-state index in [2.05, 4.69) is 0 Å². The second kappa shape index (κ2) is 5.18. The fraction of sp³-hybridized carbons (Fsp3) is 0.385. The third-order valence-electron chi connectivity index (χ3n) is 2.97. The number of carbonyl (C=O) groups is 2. The Morgan fingerprint density at radius 2 is 1.89 bits per heavy atom. The van der Waals surface area contributed by atoms with Crippen LogP contribution in [0.4, 0.5) is 0 Å². The molecule has 0 radical (unpaired) electrons. The fourth-order valence-corrected chi connectivity index (χ4v) is 1.99. The number of carbonyl (C=O) groups excluding carboxylic acids is 2. The van der Waals surface area contributed by atoms with E-state index in [0.29, 0.717) is 31.9 Å². The van der Waals surface area contributed by atoms with Gasteiger partial charge in [-0.15, -0.1) is 0 Å². The maximum absolute atomic E-state index is 12.3. The zero-order valence-electron chi connectivity index (χ0n) is 10.3. The largest absolute Gasteiger partial charge is 0.378 e. The number of amides is 2. The Labute approximate surface area is 106 Å². The summed E-state index contributed by atoms with van der Waals surface area (Å²) in [6.07, 6.45) is 0. The lowest BCUT2D eigenvalue weighted by Crippen LogP contribution is -2.41. The van der Waals surface area contributed by atoms with Gasteiger partial charge in [0.1, 0.15) is 0 Å². The van der Waals surface area contributed by atoms with Gasteiger partial charge in [0.05, 0.1) is 24.3 Å². The number of benzene rings is 1. The monoisotopic (exact) mass is 248 g/mol. The van der Waals surface area contributed by atoms with Crippen LogP contribution in [0.15, 0.2) is 18.2 Å². The van der Waals surface area contributed by atoms with Crippen LogP contribution in [0.2, 0.25) is 0 Å². The molecule has 5 nitrogen and oxygen atoms in total. The smallest absolute Gasteiger partial charge is 0.254 e. The van der Waals surface area contributed by atoms with Gasteiger partial charge in [-0.25, -0.2) is 0 Å². The Balaban J connectivity index is 2.31. The quantitative estimate of drug-likeness (QED) is 0.831. The Morgan fingerprint density at radius 1 is 1.22 bits per heavy atom. The molecule has 0 spiro atoms. The second-order valence-electron chi connectivity index (χ2n) is 4.32. The van der Waals surface area contributed by atoms with Crippen molar-refractivity contribution < 1.29 is 14.3 Å². The van der Waals surface area contributed by atoms with Crippen LogP contribution in [0, 0.1) is 6.92 Å².